The minimum absolute atomic E-state index is 0.0472. The van der Waals surface area contributed by atoms with Crippen molar-refractivity contribution in [1.29, 1.82) is 0 Å². The summed E-state index contributed by atoms with van der Waals surface area (Å²) in [5, 5.41) is 15.2. The molecule has 0 radical (unpaired) electrons. The van der Waals surface area contributed by atoms with Crippen LogP contribution in [0.25, 0.3) is 0 Å². The van der Waals surface area contributed by atoms with Crippen LogP contribution in [0.5, 0.6) is 0 Å². The van der Waals surface area contributed by atoms with Crippen molar-refractivity contribution in [2.75, 3.05) is 6.54 Å². The lowest BCUT2D eigenvalue weighted by Gasteiger charge is -2.31. The molecule has 2 saturated carbocycles. The van der Waals surface area contributed by atoms with Gasteiger partial charge in [0.15, 0.2) is 5.84 Å². The number of rotatable bonds is 5. The first-order valence-electron chi connectivity index (χ1n) is 7.95. The van der Waals surface area contributed by atoms with Crippen LogP contribution in [0.15, 0.2) is 5.16 Å². The molecule has 0 saturated heterocycles. The highest BCUT2D eigenvalue weighted by Gasteiger charge is 2.42. The Morgan fingerprint density at radius 3 is 2.35 bits per heavy atom. The third-order valence-corrected chi connectivity index (χ3v) is 5.05. The zero-order valence-electron chi connectivity index (χ0n) is 12.2. The molecule has 2 rings (SSSR count). The molecule has 0 atom stereocenters. The summed E-state index contributed by atoms with van der Waals surface area (Å²) in [5.41, 5.74) is 5.07. The Balaban J connectivity index is 1.95. The highest BCUT2D eigenvalue weighted by atomic mass is 16.4. The number of nitrogens with two attached hydrogens (primary N) is 1. The molecule has 0 bridgehead atoms. The maximum atomic E-state index is 12.6. The van der Waals surface area contributed by atoms with E-state index in [9.17, 15) is 4.79 Å². The molecule has 0 aromatic heterocycles. The number of amidine groups is 1. The van der Waals surface area contributed by atoms with E-state index in [4.69, 9.17) is 10.9 Å². The molecule has 1 amide bonds. The summed E-state index contributed by atoms with van der Waals surface area (Å²) in [4.78, 5) is 12.6. The van der Waals surface area contributed by atoms with E-state index in [0.29, 0.717) is 19.4 Å². The summed E-state index contributed by atoms with van der Waals surface area (Å²) in [6.45, 7) is 0.712. The number of carbonyl (C=O) groups excluding carboxylic acids is 1. The van der Waals surface area contributed by atoms with Gasteiger partial charge in [-0.1, -0.05) is 50.1 Å². The minimum Gasteiger partial charge on any atom is -0.409 e. The predicted molar refractivity (Wildman–Crippen MR) is 78.5 cm³/mol. The topological polar surface area (TPSA) is 87.7 Å². The van der Waals surface area contributed by atoms with Crippen LogP contribution < -0.4 is 11.1 Å². The van der Waals surface area contributed by atoms with Crippen LogP contribution in [0.4, 0.5) is 0 Å². The molecule has 4 N–H and O–H groups in total. The molecule has 2 fully saturated rings. The lowest BCUT2D eigenvalue weighted by atomic mass is 9.78. The number of hydrogen-bond acceptors (Lipinski definition) is 3. The molecule has 5 heteroatoms. The van der Waals surface area contributed by atoms with Gasteiger partial charge in [0, 0.05) is 6.54 Å². The van der Waals surface area contributed by atoms with E-state index in [2.05, 4.69) is 10.5 Å². The molecular formula is C15H27N3O2. The fourth-order valence-corrected chi connectivity index (χ4v) is 3.37. The van der Waals surface area contributed by atoms with Crippen molar-refractivity contribution < 1.29 is 10.0 Å². The van der Waals surface area contributed by atoms with E-state index in [1.807, 2.05) is 0 Å². The number of carbonyl (C=O) groups is 1. The second-order valence-corrected chi connectivity index (χ2v) is 6.32. The van der Waals surface area contributed by atoms with Crippen LogP contribution in [0.3, 0.4) is 0 Å². The fourth-order valence-electron chi connectivity index (χ4n) is 3.37. The number of nitrogens with one attached hydrogen (secondary N) is 1. The van der Waals surface area contributed by atoms with Crippen LogP contribution in [0.1, 0.15) is 64.2 Å². The summed E-state index contributed by atoms with van der Waals surface area (Å²) in [5.74, 6) is 0.818. The third kappa shape index (κ3) is 3.25. The number of nitrogens with zero attached hydrogens (tertiary/aromatic N) is 1. The maximum absolute atomic E-state index is 12.6. The molecule has 0 heterocycles. The zero-order valence-corrected chi connectivity index (χ0v) is 12.2. The highest BCUT2D eigenvalue weighted by molar-refractivity contribution is 6.06. The molecule has 0 aromatic carbocycles. The van der Waals surface area contributed by atoms with Crippen molar-refractivity contribution in [2.45, 2.75) is 64.2 Å². The Bertz CT molecular complexity index is 356. The van der Waals surface area contributed by atoms with Crippen LogP contribution in [-0.4, -0.2) is 23.5 Å². The van der Waals surface area contributed by atoms with Crippen molar-refractivity contribution in [3.63, 3.8) is 0 Å². The van der Waals surface area contributed by atoms with E-state index in [-0.39, 0.29) is 11.7 Å². The van der Waals surface area contributed by atoms with Gasteiger partial charge in [0.05, 0.1) is 0 Å². The standard InChI is InChI=1S/C15H27N3O2/c16-13(18-20)15(9-3-1-2-4-10-15)14(19)17-11-8-12-6-5-7-12/h12,20H,1-11H2,(H2,16,18)(H,17,19). The Morgan fingerprint density at radius 1 is 1.20 bits per heavy atom. The molecule has 2 aliphatic rings. The van der Waals surface area contributed by atoms with Crippen LogP contribution in [0.2, 0.25) is 0 Å². The molecule has 0 unspecified atom stereocenters. The van der Waals surface area contributed by atoms with Gasteiger partial charge in [0.2, 0.25) is 5.91 Å². The summed E-state index contributed by atoms with van der Waals surface area (Å²) < 4.78 is 0. The molecule has 0 aliphatic heterocycles. The average Bonchev–Trinajstić information content (AvgIpc) is 2.67. The van der Waals surface area contributed by atoms with Gasteiger partial charge in [-0.05, 0) is 25.2 Å². The van der Waals surface area contributed by atoms with Gasteiger partial charge in [-0.25, -0.2) is 0 Å². The SMILES string of the molecule is NC(=NO)C1(C(=O)NCCC2CCC2)CCCCCC1. The third-order valence-electron chi connectivity index (χ3n) is 5.05. The van der Waals surface area contributed by atoms with Gasteiger partial charge in [-0.3, -0.25) is 4.79 Å². The first-order chi connectivity index (χ1) is 9.69. The smallest absolute Gasteiger partial charge is 0.233 e. The Labute approximate surface area is 121 Å². The second-order valence-electron chi connectivity index (χ2n) is 6.32. The summed E-state index contributed by atoms with van der Waals surface area (Å²) in [6.07, 6.45) is 10.5. The minimum atomic E-state index is -0.787. The molecule has 0 spiro atoms. The molecule has 5 nitrogen and oxygen atoms in total. The number of hydrogen-bond donors (Lipinski definition) is 3. The van der Waals surface area contributed by atoms with Crippen molar-refractivity contribution in [3.8, 4) is 0 Å². The Kier molecular flexibility index (Phi) is 5.26. The van der Waals surface area contributed by atoms with E-state index in [1.165, 1.54) is 19.3 Å². The van der Waals surface area contributed by atoms with Gasteiger partial charge in [0.25, 0.3) is 0 Å². The van der Waals surface area contributed by atoms with Crippen molar-refractivity contribution in [2.24, 2.45) is 22.2 Å². The van der Waals surface area contributed by atoms with E-state index < -0.39 is 5.41 Å². The lowest BCUT2D eigenvalue weighted by molar-refractivity contribution is -0.128. The summed E-state index contributed by atoms with van der Waals surface area (Å²) in [7, 11) is 0. The quantitative estimate of drug-likeness (QED) is 0.238. The van der Waals surface area contributed by atoms with Gasteiger partial charge >= 0.3 is 0 Å². The van der Waals surface area contributed by atoms with E-state index >= 15 is 0 Å². The van der Waals surface area contributed by atoms with Gasteiger partial charge in [-0.2, -0.15) is 0 Å². The fraction of sp³-hybridized carbons (Fsp3) is 0.867. The zero-order chi connectivity index (χ0) is 14.4. The van der Waals surface area contributed by atoms with Crippen molar-refractivity contribution in [3.05, 3.63) is 0 Å². The first kappa shape index (κ1) is 15.1. The molecule has 0 aromatic rings. The number of oxime groups is 1. The summed E-state index contributed by atoms with van der Waals surface area (Å²) in [6, 6.07) is 0. The Hall–Kier alpha value is -1.26. The second kappa shape index (κ2) is 6.95. The normalized spacial score (nSPS) is 23.7. The largest absolute Gasteiger partial charge is 0.409 e. The van der Waals surface area contributed by atoms with Gasteiger partial charge in [0.1, 0.15) is 5.41 Å². The number of amides is 1. The maximum Gasteiger partial charge on any atom is 0.233 e. The average molecular weight is 281 g/mol. The molecular weight excluding hydrogens is 254 g/mol. The monoisotopic (exact) mass is 281 g/mol. The van der Waals surface area contributed by atoms with Crippen LogP contribution in [0, 0.1) is 11.3 Å². The lowest BCUT2D eigenvalue weighted by Crippen LogP contribution is -2.50. The molecule has 20 heavy (non-hydrogen) atoms. The van der Waals surface area contributed by atoms with Crippen molar-refractivity contribution >= 4 is 11.7 Å². The first-order valence-corrected chi connectivity index (χ1v) is 7.95. The van der Waals surface area contributed by atoms with Crippen molar-refractivity contribution in [1.82, 2.24) is 5.32 Å². The summed E-state index contributed by atoms with van der Waals surface area (Å²) >= 11 is 0. The molecule has 2 aliphatic carbocycles. The van der Waals surface area contributed by atoms with E-state index in [1.54, 1.807) is 0 Å². The van der Waals surface area contributed by atoms with E-state index in [0.717, 1.165) is 38.0 Å². The predicted octanol–water partition coefficient (Wildman–Crippen LogP) is 2.38. The van der Waals surface area contributed by atoms with Crippen LogP contribution >= 0.6 is 0 Å². The Morgan fingerprint density at radius 2 is 1.85 bits per heavy atom. The van der Waals surface area contributed by atoms with Gasteiger partial charge < -0.3 is 16.3 Å². The van der Waals surface area contributed by atoms with Crippen LogP contribution in [-0.2, 0) is 4.79 Å². The van der Waals surface area contributed by atoms with Gasteiger partial charge in [-0.15, -0.1) is 0 Å². The molecule has 114 valence electrons. The highest BCUT2D eigenvalue weighted by Crippen LogP contribution is 2.36.